The molecule has 37 heavy (non-hydrogen) atoms. The second kappa shape index (κ2) is 10.3. The minimum Gasteiger partial charge on any atom is -0.496 e. The molecule has 1 fully saturated rings. The molecule has 0 bridgehead atoms. The Hall–Kier alpha value is -3.82. The SMILES string of the molecule is COC(=O)N(C1CCC(n2cc3cc(C(=O)Nc4cccn(C)c4=O)c(OC)cc3n2)CC1)C(C)(C)C. The molecule has 10 nitrogen and oxygen atoms in total. The second-order valence-corrected chi connectivity index (χ2v) is 10.5. The largest absolute Gasteiger partial charge is 0.496 e. The van der Waals surface area contributed by atoms with E-state index in [9.17, 15) is 14.4 Å². The molecule has 1 aromatic carbocycles. The number of rotatable bonds is 5. The van der Waals surface area contributed by atoms with E-state index in [0.29, 0.717) is 11.3 Å². The van der Waals surface area contributed by atoms with Crippen molar-refractivity contribution in [1.82, 2.24) is 19.2 Å². The van der Waals surface area contributed by atoms with Gasteiger partial charge in [0.2, 0.25) is 0 Å². The van der Waals surface area contributed by atoms with Crippen LogP contribution in [0.5, 0.6) is 5.75 Å². The lowest BCUT2D eigenvalue weighted by molar-refractivity contribution is 0.0396. The lowest BCUT2D eigenvalue weighted by Crippen LogP contribution is -2.52. The number of fused-ring (bicyclic) bond motifs is 1. The van der Waals surface area contributed by atoms with E-state index in [1.54, 1.807) is 37.5 Å². The zero-order valence-corrected chi connectivity index (χ0v) is 22.3. The summed E-state index contributed by atoms with van der Waals surface area (Å²) in [5.74, 6) is -0.0500. The van der Waals surface area contributed by atoms with Crippen molar-refractivity contribution in [2.24, 2.45) is 7.05 Å². The van der Waals surface area contributed by atoms with Crippen LogP contribution in [0.3, 0.4) is 0 Å². The van der Waals surface area contributed by atoms with Crippen molar-refractivity contribution in [3.8, 4) is 5.75 Å². The fourth-order valence-corrected chi connectivity index (χ4v) is 5.14. The molecule has 0 atom stereocenters. The molecule has 0 aliphatic heterocycles. The van der Waals surface area contributed by atoms with Gasteiger partial charge in [0.1, 0.15) is 11.4 Å². The number of carbonyl (C=O) groups is 2. The van der Waals surface area contributed by atoms with Crippen LogP contribution >= 0.6 is 0 Å². The van der Waals surface area contributed by atoms with Crippen molar-refractivity contribution >= 4 is 28.6 Å². The molecule has 0 radical (unpaired) electrons. The zero-order valence-electron chi connectivity index (χ0n) is 22.3. The Kier molecular flexibility index (Phi) is 7.29. The van der Waals surface area contributed by atoms with Gasteiger partial charge in [0.15, 0.2) is 0 Å². The van der Waals surface area contributed by atoms with Crippen LogP contribution < -0.4 is 15.6 Å². The monoisotopic (exact) mass is 509 g/mol. The van der Waals surface area contributed by atoms with E-state index in [2.05, 4.69) is 5.32 Å². The van der Waals surface area contributed by atoms with E-state index in [-0.39, 0.29) is 35.0 Å². The highest BCUT2D eigenvalue weighted by molar-refractivity contribution is 6.08. The maximum absolute atomic E-state index is 13.1. The van der Waals surface area contributed by atoms with Gasteiger partial charge >= 0.3 is 6.09 Å². The normalized spacial score (nSPS) is 17.9. The topological polar surface area (TPSA) is 108 Å². The molecule has 3 aromatic rings. The van der Waals surface area contributed by atoms with Crippen LogP contribution in [0.15, 0.2) is 41.5 Å². The van der Waals surface area contributed by atoms with Gasteiger partial charge in [0.25, 0.3) is 11.5 Å². The first kappa shape index (κ1) is 26.2. The van der Waals surface area contributed by atoms with Crippen molar-refractivity contribution in [3.05, 3.63) is 52.6 Å². The van der Waals surface area contributed by atoms with Gasteiger partial charge in [0, 0.05) is 42.5 Å². The van der Waals surface area contributed by atoms with Crippen molar-refractivity contribution in [2.75, 3.05) is 19.5 Å². The fourth-order valence-electron chi connectivity index (χ4n) is 5.14. The number of hydrogen-bond acceptors (Lipinski definition) is 6. The van der Waals surface area contributed by atoms with Gasteiger partial charge in [-0.1, -0.05) is 0 Å². The van der Waals surface area contributed by atoms with E-state index in [1.165, 1.54) is 18.8 Å². The van der Waals surface area contributed by atoms with E-state index in [0.717, 1.165) is 36.6 Å². The summed E-state index contributed by atoms with van der Waals surface area (Å²) in [5.41, 5.74) is 0.611. The first-order chi connectivity index (χ1) is 17.5. The highest BCUT2D eigenvalue weighted by atomic mass is 16.5. The smallest absolute Gasteiger partial charge is 0.410 e. The summed E-state index contributed by atoms with van der Waals surface area (Å²) < 4.78 is 13.9. The van der Waals surface area contributed by atoms with Gasteiger partial charge in [0.05, 0.1) is 31.3 Å². The zero-order chi connectivity index (χ0) is 26.9. The first-order valence-corrected chi connectivity index (χ1v) is 12.4. The number of aromatic nitrogens is 3. The van der Waals surface area contributed by atoms with Crippen molar-refractivity contribution in [1.29, 1.82) is 0 Å². The number of anilines is 1. The van der Waals surface area contributed by atoms with Crippen LogP contribution in [0.1, 0.15) is 62.9 Å². The summed E-state index contributed by atoms with van der Waals surface area (Å²) in [6.07, 6.45) is 6.69. The van der Waals surface area contributed by atoms with Gasteiger partial charge in [-0.25, -0.2) is 4.79 Å². The molecule has 1 aliphatic carbocycles. The minimum absolute atomic E-state index is 0.106. The summed E-state index contributed by atoms with van der Waals surface area (Å²) in [5, 5.41) is 8.27. The number of nitrogens with one attached hydrogen (secondary N) is 1. The molecule has 0 saturated heterocycles. The van der Waals surface area contributed by atoms with Crippen LogP contribution in [0.4, 0.5) is 10.5 Å². The van der Waals surface area contributed by atoms with Crippen LogP contribution in [-0.4, -0.2) is 57.0 Å². The Labute approximate surface area is 216 Å². The summed E-state index contributed by atoms with van der Waals surface area (Å²) in [6, 6.07) is 7.04. The number of nitrogens with zero attached hydrogens (tertiary/aromatic N) is 4. The van der Waals surface area contributed by atoms with Crippen LogP contribution in [0.2, 0.25) is 0 Å². The molecular weight excluding hydrogens is 474 g/mol. The van der Waals surface area contributed by atoms with E-state index in [4.69, 9.17) is 14.6 Å². The predicted molar refractivity (Wildman–Crippen MR) is 141 cm³/mol. The van der Waals surface area contributed by atoms with Gasteiger partial charge in [-0.2, -0.15) is 5.10 Å². The van der Waals surface area contributed by atoms with E-state index >= 15 is 0 Å². The molecule has 2 heterocycles. The Morgan fingerprint density at radius 2 is 1.84 bits per heavy atom. The van der Waals surface area contributed by atoms with Gasteiger partial charge in [-0.15, -0.1) is 0 Å². The third-order valence-corrected chi connectivity index (χ3v) is 6.96. The van der Waals surface area contributed by atoms with Crippen LogP contribution in [0, 0.1) is 0 Å². The molecule has 10 heteroatoms. The quantitative estimate of drug-likeness (QED) is 0.548. The number of benzene rings is 1. The Morgan fingerprint density at radius 1 is 1.14 bits per heavy atom. The van der Waals surface area contributed by atoms with Crippen molar-refractivity contribution < 1.29 is 19.1 Å². The average Bonchev–Trinajstić information content (AvgIpc) is 3.28. The highest BCUT2D eigenvalue weighted by Crippen LogP contribution is 2.35. The van der Waals surface area contributed by atoms with Crippen LogP contribution in [0.25, 0.3) is 10.9 Å². The van der Waals surface area contributed by atoms with Crippen molar-refractivity contribution in [2.45, 2.75) is 64.1 Å². The Morgan fingerprint density at radius 3 is 2.46 bits per heavy atom. The number of amides is 2. The number of ether oxygens (including phenoxy) is 2. The number of methoxy groups -OCH3 is 2. The van der Waals surface area contributed by atoms with Gasteiger partial charge < -0.3 is 24.3 Å². The summed E-state index contributed by atoms with van der Waals surface area (Å²) >= 11 is 0. The molecule has 1 saturated carbocycles. The average molecular weight is 510 g/mol. The molecule has 2 aromatic heterocycles. The summed E-state index contributed by atoms with van der Waals surface area (Å²) in [7, 11) is 4.55. The van der Waals surface area contributed by atoms with Gasteiger partial charge in [-0.05, 0) is 64.7 Å². The molecule has 1 aliphatic rings. The molecule has 198 valence electrons. The predicted octanol–water partition coefficient (Wildman–Crippen LogP) is 4.35. The number of pyridine rings is 1. The minimum atomic E-state index is -0.430. The lowest BCUT2D eigenvalue weighted by Gasteiger charge is -2.43. The van der Waals surface area contributed by atoms with Crippen LogP contribution in [-0.2, 0) is 11.8 Å². The number of hydrogen-bond donors (Lipinski definition) is 1. The maximum atomic E-state index is 13.1. The standard InChI is InChI=1S/C27H35N5O5/c1-27(2,3)32(26(35)37-6)19-11-9-18(10-12-19)31-16-17-14-20(23(36-5)15-22(17)29-31)24(33)28-21-8-7-13-30(4)25(21)34/h7-8,13-16,18-19H,9-12H2,1-6H3,(H,28,33). The number of aryl methyl sites for hydroxylation is 1. The molecule has 0 unspecified atom stereocenters. The number of carbonyl (C=O) groups excluding carboxylic acids is 2. The second-order valence-electron chi connectivity index (χ2n) is 10.5. The molecular formula is C27H35N5O5. The first-order valence-electron chi connectivity index (χ1n) is 12.4. The van der Waals surface area contributed by atoms with E-state index in [1.807, 2.05) is 36.5 Å². The molecule has 2 amide bonds. The lowest BCUT2D eigenvalue weighted by atomic mass is 9.88. The third-order valence-electron chi connectivity index (χ3n) is 6.96. The molecule has 0 spiro atoms. The third kappa shape index (κ3) is 5.33. The maximum Gasteiger partial charge on any atom is 0.410 e. The van der Waals surface area contributed by atoms with Crippen molar-refractivity contribution in [3.63, 3.8) is 0 Å². The Balaban J connectivity index is 1.54. The Bertz CT molecular complexity index is 1360. The van der Waals surface area contributed by atoms with Gasteiger partial charge in [-0.3, -0.25) is 14.3 Å². The highest BCUT2D eigenvalue weighted by Gasteiger charge is 2.36. The summed E-state index contributed by atoms with van der Waals surface area (Å²) in [6.45, 7) is 6.06. The van der Waals surface area contributed by atoms with E-state index < -0.39 is 5.91 Å². The molecule has 4 rings (SSSR count). The molecule has 1 N–H and O–H groups in total. The summed E-state index contributed by atoms with van der Waals surface area (Å²) in [4.78, 5) is 39.7. The fraction of sp³-hybridized carbons (Fsp3) is 0.481.